The van der Waals surface area contributed by atoms with Gasteiger partial charge in [-0.2, -0.15) is 5.10 Å². The van der Waals surface area contributed by atoms with Crippen LogP contribution in [0.25, 0.3) is 0 Å². The van der Waals surface area contributed by atoms with Gasteiger partial charge in [0.15, 0.2) is 0 Å². The molecule has 0 radical (unpaired) electrons. The fourth-order valence-electron chi connectivity index (χ4n) is 4.35. The van der Waals surface area contributed by atoms with E-state index in [4.69, 9.17) is 16.3 Å². The highest BCUT2D eigenvalue weighted by molar-refractivity contribution is 6.31. The van der Waals surface area contributed by atoms with Gasteiger partial charge in [-0.05, 0) is 30.5 Å². The molecule has 2 aromatic rings. The van der Waals surface area contributed by atoms with Crippen molar-refractivity contribution in [3.05, 3.63) is 47.0 Å². The van der Waals surface area contributed by atoms with Gasteiger partial charge < -0.3 is 4.74 Å². The number of benzene rings is 1. The van der Waals surface area contributed by atoms with Crippen LogP contribution in [-0.4, -0.2) is 33.8 Å². The zero-order valence-electron chi connectivity index (χ0n) is 13.6. The molecule has 0 N–H and O–H groups in total. The summed E-state index contributed by atoms with van der Waals surface area (Å²) >= 11 is 6.05. The van der Waals surface area contributed by atoms with E-state index in [0.717, 1.165) is 12.8 Å². The Morgan fingerprint density at radius 3 is 2.54 bits per heavy atom. The minimum absolute atomic E-state index is 0.139. The molecule has 3 saturated heterocycles. The van der Waals surface area contributed by atoms with Crippen molar-refractivity contribution in [2.75, 3.05) is 4.90 Å². The molecule has 0 unspecified atom stereocenters. The molecule has 4 atom stereocenters. The third kappa shape index (κ3) is 2.23. The summed E-state index contributed by atoms with van der Waals surface area (Å²) in [6.45, 7) is 0.316. The van der Waals surface area contributed by atoms with Gasteiger partial charge in [0, 0.05) is 11.2 Å². The first-order valence-corrected chi connectivity index (χ1v) is 8.90. The Bertz CT molecular complexity index is 902. The minimum atomic E-state index is -0.406. The van der Waals surface area contributed by atoms with Gasteiger partial charge >= 0.3 is 0 Å². The van der Waals surface area contributed by atoms with Gasteiger partial charge in [-0.3, -0.25) is 14.3 Å². The summed E-state index contributed by atoms with van der Waals surface area (Å²) in [5.41, 5.74) is 1.15. The number of carbonyl (C=O) groups excluding carboxylic acids is 2. The van der Waals surface area contributed by atoms with E-state index in [0.29, 0.717) is 22.8 Å². The number of imide groups is 1. The molecule has 3 aliphatic heterocycles. The van der Waals surface area contributed by atoms with Crippen molar-refractivity contribution < 1.29 is 18.7 Å². The van der Waals surface area contributed by atoms with Crippen molar-refractivity contribution in [2.24, 2.45) is 11.8 Å². The quantitative estimate of drug-likeness (QED) is 0.773. The van der Waals surface area contributed by atoms with Crippen LogP contribution in [0.15, 0.2) is 30.6 Å². The number of nitrogens with zero attached hydrogens (tertiary/aromatic N) is 3. The molecule has 3 fully saturated rings. The first-order valence-electron chi connectivity index (χ1n) is 8.52. The molecule has 4 heterocycles. The lowest BCUT2D eigenvalue weighted by Crippen LogP contribution is -2.34. The van der Waals surface area contributed by atoms with Gasteiger partial charge in [0.25, 0.3) is 0 Å². The molecular formula is C18H15ClFN3O3. The van der Waals surface area contributed by atoms with Crippen molar-refractivity contribution in [1.29, 1.82) is 0 Å². The summed E-state index contributed by atoms with van der Waals surface area (Å²) in [5.74, 6) is -1.54. The Morgan fingerprint density at radius 1 is 1.19 bits per heavy atom. The Labute approximate surface area is 153 Å². The highest BCUT2D eigenvalue weighted by atomic mass is 35.5. The summed E-state index contributed by atoms with van der Waals surface area (Å²) in [5, 5.41) is 4.53. The lowest BCUT2D eigenvalue weighted by atomic mass is 9.81. The average molecular weight is 376 g/mol. The number of anilines is 1. The van der Waals surface area contributed by atoms with E-state index in [2.05, 4.69) is 5.10 Å². The van der Waals surface area contributed by atoms with Gasteiger partial charge in [0.1, 0.15) is 5.82 Å². The summed E-state index contributed by atoms with van der Waals surface area (Å²) < 4.78 is 20.5. The van der Waals surface area contributed by atoms with E-state index in [1.165, 1.54) is 23.2 Å². The maximum atomic E-state index is 13.2. The molecule has 1 aromatic heterocycles. The van der Waals surface area contributed by atoms with Crippen molar-refractivity contribution in [3.63, 3.8) is 0 Å². The van der Waals surface area contributed by atoms with Crippen LogP contribution >= 0.6 is 11.6 Å². The zero-order chi connectivity index (χ0) is 18.0. The van der Waals surface area contributed by atoms with Crippen LogP contribution in [0.4, 0.5) is 10.1 Å². The van der Waals surface area contributed by atoms with E-state index in [-0.39, 0.29) is 35.9 Å². The van der Waals surface area contributed by atoms with E-state index < -0.39 is 5.82 Å². The Balaban J connectivity index is 1.40. The van der Waals surface area contributed by atoms with Gasteiger partial charge in [0.05, 0.1) is 42.5 Å². The van der Waals surface area contributed by atoms with Gasteiger partial charge in [-0.25, -0.2) is 9.29 Å². The van der Waals surface area contributed by atoms with Crippen LogP contribution in [0.5, 0.6) is 0 Å². The zero-order valence-corrected chi connectivity index (χ0v) is 14.4. The molecule has 134 valence electrons. The summed E-state index contributed by atoms with van der Waals surface area (Å²) in [7, 11) is 0. The second-order valence-corrected chi connectivity index (χ2v) is 7.39. The molecule has 0 spiro atoms. The maximum Gasteiger partial charge on any atom is 0.240 e. The monoisotopic (exact) mass is 375 g/mol. The van der Waals surface area contributed by atoms with Crippen LogP contribution in [0.1, 0.15) is 18.4 Å². The highest BCUT2D eigenvalue weighted by Crippen LogP contribution is 2.49. The molecule has 0 saturated carbocycles. The van der Waals surface area contributed by atoms with Crippen molar-refractivity contribution in [3.8, 4) is 0 Å². The fourth-order valence-corrected chi connectivity index (χ4v) is 4.57. The minimum Gasteiger partial charge on any atom is -0.373 e. The Morgan fingerprint density at radius 2 is 1.88 bits per heavy atom. The molecule has 2 bridgehead atoms. The maximum absolute atomic E-state index is 13.2. The number of fused-ring (bicyclic) bond motifs is 5. The topological polar surface area (TPSA) is 64.4 Å². The third-order valence-electron chi connectivity index (χ3n) is 5.51. The van der Waals surface area contributed by atoms with E-state index >= 15 is 0 Å². The number of halogens is 2. The first-order chi connectivity index (χ1) is 12.5. The van der Waals surface area contributed by atoms with Crippen LogP contribution in [-0.2, 0) is 20.9 Å². The molecule has 1 aromatic carbocycles. The van der Waals surface area contributed by atoms with Gasteiger partial charge in [-0.1, -0.05) is 17.7 Å². The number of rotatable bonds is 3. The van der Waals surface area contributed by atoms with E-state index in [1.807, 2.05) is 0 Å². The van der Waals surface area contributed by atoms with Crippen molar-refractivity contribution >= 4 is 29.1 Å². The third-order valence-corrected chi connectivity index (χ3v) is 5.86. The van der Waals surface area contributed by atoms with E-state index in [9.17, 15) is 14.0 Å². The molecule has 8 heteroatoms. The predicted molar refractivity (Wildman–Crippen MR) is 90.1 cm³/mol. The second-order valence-electron chi connectivity index (χ2n) is 6.99. The highest BCUT2D eigenvalue weighted by Gasteiger charge is 2.62. The van der Waals surface area contributed by atoms with Crippen LogP contribution in [0.2, 0.25) is 5.02 Å². The number of ether oxygens (including phenoxy) is 1. The number of amides is 2. The molecule has 26 heavy (non-hydrogen) atoms. The molecule has 6 nitrogen and oxygen atoms in total. The normalized spacial score (nSPS) is 29.7. The molecule has 0 aliphatic carbocycles. The van der Waals surface area contributed by atoms with Crippen LogP contribution in [0.3, 0.4) is 0 Å². The largest absolute Gasteiger partial charge is 0.373 e. The van der Waals surface area contributed by atoms with Crippen LogP contribution < -0.4 is 4.90 Å². The van der Waals surface area contributed by atoms with Gasteiger partial charge in [0.2, 0.25) is 11.8 Å². The number of hydrogen-bond acceptors (Lipinski definition) is 4. The first kappa shape index (κ1) is 16.0. The Hall–Kier alpha value is -2.25. The number of aromatic nitrogens is 2. The molecule has 3 aliphatic rings. The van der Waals surface area contributed by atoms with Crippen molar-refractivity contribution in [1.82, 2.24) is 9.78 Å². The smallest absolute Gasteiger partial charge is 0.240 e. The standard InChI is InChI=1S/C18H15ClFN3O3/c19-12-5-10(20)2-1-9(12)7-22-8-11(6-21-22)23-17(24)15-13-3-4-14(26-13)16(15)18(23)25/h1-2,5-6,8,13-16H,3-4,7H2/t13-,14+,15-,16+. The summed E-state index contributed by atoms with van der Waals surface area (Å²) in [6.07, 6.45) is 4.53. The number of carbonyl (C=O) groups is 2. The summed E-state index contributed by atoms with van der Waals surface area (Å²) in [4.78, 5) is 26.8. The summed E-state index contributed by atoms with van der Waals surface area (Å²) in [6, 6.07) is 4.16. The fraction of sp³-hybridized carbons (Fsp3) is 0.389. The lowest BCUT2D eigenvalue weighted by molar-refractivity contribution is -0.124. The van der Waals surface area contributed by atoms with Crippen molar-refractivity contribution in [2.45, 2.75) is 31.6 Å². The van der Waals surface area contributed by atoms with Gasteiger partial charge in [-0.15, -0.1) is 0 Å². The average Bonchev–Trinajstić information content (AvgIpc) is 3.35. The number of hydrogen-bond donors (Lipinski definition) is 0. The van der Waals surface area contributed by atoms with Crippen LogP contribution in [0, 0.1) is 17.7 Å². The molecule has 5 rings (SSSR count). The van der Waals surface area contributed by atoms with E-state index in [1.54, 1.807) is 16.9 Å². The Kier molecular flexibility index (Phi) is 3.45. The SMILES string of the molecule is O=C1[C@@H]2[C@H](C(=O)N1c1cnn(Cc3ccc(F)cc3Cl)c1)[C@H]1CC[C@@H]2O1. The predicted octanol–water partition coefficient (Wildman–Crippen LogP) is 2.39. The lowest BCUT2D eigenvalue weighted by Gasteiger charge is -2.15. The molecule has 2 amide bonds. The molecular weight excluding hydrogens is 361 g/mol. The second kappa shape index (κ2) is 5.62.